The highest BCUT2D eigenvalue weighted by atomic mass is 32.2. The first-order chi connectivity index (χ1) is 19.2. The first-order valence-electron chi connectivity index (χ1n) is 12.5. The van der Waals surface area contributed by atoms with Crippen LogP contribution in [0, 0.1) is 0 Å². The Morgan fingerprint density at radius 3 is 2.65 bits per heavy atom. The minimum Gasteiger partial charge on any atom is -0.382 e. The Kier molecular flexibility index (Phi) is 8.05. The molecule has 12 nitrogen and oxygen atoms in total. The Labute approximate surface area is 240 Å². The Bertz CT molecular complexity index is 1650. The molecule has 1 aliphatic rings. The third-order valence-corrected chi connectivity index (χ3v) is 9.15. The summed E-state index contributed by atoms with van der Waals surface area (Å²) in [6.07, 6.45) is 11.2. The number of amides is 1. The van der Waals surface area contributed by atoms with Gasteiger partial charge in [0.25, 0.3) is 15.9 Å². The Balaban J connectivity index is 1.42. The number of carbonyl (C=O) groups is 1. The molecule has 0 spiro atoms. The molecule has 0 saturated heterocycles. The summed E-state index contributed by atoms with van der Waals surface area (Å²) in [5.74, 6) is 1.20. The Hall–Kier alpha value is -3.56. The van der Waals surface area contributed by atoms with E-state index in [0.29, 0.717) is 41.4 Å². The van der Waals surface area contributed by atoms with Crippen LogP contribution in [0.25, 0.3) is 22.6 Å². The maximum atomic E-state index is 12.5. The Morgan fingerprint density at radius 1 is 1.15 bits per heavy atom. The fourth-order valence-electron chi connectivity index (χ4n) is 4.00. The van der Waals surface area contributed by atoms with Crippen LogP contribution in [0.2, 0.25) is 0 Å². The number of pyridine rings is 1. The van der Waals surface area contributed by atoms with Crippen LogP contribution in [-0.2, 0) is 10.0 Å². The number of carbonyl (C=O) groups excluding carboxylic acids is 1. The molecule has 1 saturated carbocycles. The maximum Gasteiger partial charge on any atom is 0.263 e. The minimum absolute atomic E-state index is 0.136. The largest absolute Gasteiger partial charge is 0.382 e. The highest BCUT2D eigenvalue weighted by Gasteiger charge is 2.37. The molecule has 0 unspecified atom stereocenters. The maximum absolute atomic E-state index is 12.5. The molecule has 1 aliphatic carbocycles. The Morgan fingerprint density at radius 2 is 1.95 bits per heavy atom. The second kappa shape index (κ2) is 11.5. The molecule has 4 aromatic rings. The summed E-state index contributed by atoms with van der Waals surface area (Å²) in [6.45, 7) is 4.08. The van der Waals surface area contributed by atoms with Crippen molar-refractivity contribution in [2.24, 2.45) is 0 Å². The summed E-state index contributed by atoms with van der Waals surface area (Å²) in [7, 11) is -3.47. The smallest absolute Gasteiger partial charge is 0.263 e. The molecule has 0 atom stereocenters. The topological polar surface area (TPSA) is 160 Å². The average molecular weight is 600 g/mol. The molecule has 0 aromatic carbocycles. The number of nitrogens with one attached hydrogen (secondary N) is 4. The van der Waals surface area contributed by atoms with Gasteiger partial charge < -0.3 is 15.6 Å². The molecule has 0 radical (unpaired) electrons. The van der Waals surface area contributed by atoms with Crippen molar-refractivity contribution in [2.45, 2.75) is 43.0 Å². The predicted molar refractivity (Wildman–Crippen MR) is 159 cm³/mol. The zero-order chi connectivity index (χ0) is 28.4. The molecule has 0 aliphatic heterocycles. The van der Waals surface area contributed by atoms with Crippen molar-refractivity contribution in [3.05, 3.63) is 48.5 Å². The number of aromatic amines is 1. The number of rotatable bonds is 11. The van der Waals surface area contributed by atoms with E-state index in [1.165, 1.54) is 36.1 Å². The second-order valence-electron chi connectivity index (χ2n) is 9.42. The number of anilines is 3. The second-order valence-corrected chi connectivity index (χ2v) is 12.9. The van der Waals surface area contributed by atoms with Crippen molar-refractivity contribution in [3.63, 3.8) is 0 Å². The third kappa shape index (κ3) is 5.95. The number of hydrogen-bond acceptors (Lipinski definition) is 11. The molecular weight excluding hydrogens is 571 g/mol. The molecule has 4 N–H and O–H groups in total. The minimum atomic E-state index is -3.47. The lowest BCUT2D eigenvalue weighted by molar-refractivity contribution is 0.0982. The summed E-state index contributed by atoms with van der Waals surface area (Å²) in [5, 5.41) is 11.1. The van der Waals surface area contributed by atoms with Gasteiger partial charge in [0.2, 0.25) is 0 Å². The summed E-state index contributed by atoms with van der Waals surface area (Å²) < 4.78 is 28.8. The lowest BCUT2D eigenvalue weighted by atomic mass is 10.1. The fraction of sp³-hybridized carbons (Fsp3) is 0.320. The summed E-state index contributed by atoms with van der Waals surface area (Å²) >= 11 is 2.72. The van der Waals surface area contributed by atoms with Crippen molar-refractivity contribution < 1.29 is 13.2 Å². The van der Waals surface area contributed by atoms with Gasteiger partial charge in [0.15, 0.2) is 5.82 Å². The van der Waals surface area contributed by atoms with Gasteiger partial charge in [0.1, 0.15) is 11.6 Å². The molecule has 4 aromatic heterocycles. The van der Waals surface area contributed by atoms with Crippen LogP contribution in [0.4, 0.5) is 17.3 Å². The standard InChI is InChI=1S/C25H29N9O3S3/c1-14(2)29-20-10-22(27-12-18(20)19-9-17(24(35)33-39-4)25(30-19)38-3)31-21-7-8-26-23(32-21)15-11-28-34(13-15)40(36,37)16-5-6-16/h7-14,16,30H,5-6H2,1-4H3,(H,33,35)(H2,26,27,29,31,32). The van der Waals surface area contributed by atoms with Gasteiger partial charge >= 0.3 is 0 Å². The van der Waals surface area contributed by atoms with Gasteiger partial charge in [-0.05, 0) is 45.1 Å². The van der Waals surface area contributed by atoms with Gasteiger partial charge in [-0.1, -0.05) is 11.9 Å². The number of hydrogen-bond donors (Lipinski definition) is 4. The molecule has 4 heterocycles. The molecule has 1 fully saturated rings. The van der Waals surface area contributed by atoms with Crippen LogP contribution in [0.15, 0.2) is 48.0 Å². The van der Waals surface area contributed by atoms with Crippen molar-refractivity contribution in [1.29, 1.82) is 0 Å². The fourth-order valence-corrected chi connectivity index (χ4v) is 6.36. The zero-order valence-electron chi connectivity index (χ0n) is 22.3. The van der Waals surface area contributed by atoms with E-state index in [2.05, 4.69) is 40.4 Å². The van der Waals surface area contributed by atoms with Crippen molar-refractivity contribution in [2.75, 3.05) is 23.1 Å². The summed E-state index contributed by atoms with van der Waals surface area (Å²) in [4.78, 5) is 29.3. The SMILES string of the molecule is CSNC(=O)c1cc(-c2cnc(Nc3ccnc(-c4cnn(S(=O)(=O)C5CC5)c4)n3)cc2NC(C)C)[nH]c1SC. The lowest BCUT2D eigenvalue weighted by Gasteiger charge is -2.16. The van der Waals surface area contributed by atoms with E-state index in [4.69, 9.17) is 0 Å². The lowest BCUT2D eigenvalue weighted by Crippen LogP contribution is -2.17. The predicted octanol–water partition coefficient (Wildman–Crippen LogP) is 4.36. The quantitative estimate of drug-likeness (QED) is 0.143. The highest BCUT2D eigenvalue weighted by molar-refractivity contribution is 7.98. The summed E-state index contributed by atoms with van der Waals surface area (Å²) in [6, 6.07) is 5.54. The molecule has 40 heavy (non-hydrogen) atoms. The van der Waals surface area contributed by atoms with E-state index in [9.17, 15) is 13.2 Å². The van der Waals surface area contributed by atoms with Crippen LogP contribution >= 0.6 is 23.7 Å². The van der Waals surface area contributed by atoms with Crippen molar-refractivity contribution >= 4 is 57.0 Å². The van der Waals surface area contributed by atoms with Crippen molar-refractivity contribution in [3.8, 4) is 22.6 Å². The van der Waals surface area contributed by atoms with E-state index in [1.807, 2.05) is 32.2 Å². The molecule has 0 bridgehead atoms. The van der Waals surface area contributed by atoms with Gasteiger partial charge in [0, 0.05) is 42.0 Å². The van der Waals surface area contributed by atoms with E-state index < -0.39 is 10.0 Å². The van der Waals surface area contributed by atoms with Gasteiger partial charge in [-0.3, -0.25) is 9.52 Å². The average Bonchev–Trinajstić information content (AvgIpc) is 3.51. The first kappa shape index (κ1) is 28.0. The number of nitrogens with zero attached hydrogens (tertiary/aromatic N) is 5. The summed E-state index contributed by atoms with van der Waals surface area (Å²) in [5.41, 5.74) is 3.46. The highest BCUT2D eigenvalue weighted by Crippen LogP contribution is 2.34. The van der Waals surface area contributed by atoms with E-state index in [0.717, 1.165) is 26.1 Å². The van der Waals surface area contributed by atoms with Crippen molar-refractivity contribution in [1.82, 2.24) is 33.8 Å². The van der Waals surface area contributed by atoms with Crippen LogP contribution in [0.1, 0.15) is 37.0 Å². The van der Waals surface area contributed by atoms with Gasteiger partial charge in [-0.25, -0.2) is 23.4 Å². The first-order valence-corrected chi connectivity index (χ1v) is 16.4. The number of H-pyrrole nitrogens is 1. The monoisotopic (exact) mass is 599 g/mol. The molecule has 210 valence electrons. The number of aromatic nitrogens is 6. The van der Waals surface area contributed by atoms with Crippen LogP contribution in [0.3, 0.4) is 0 Å². The normalized spacial score (nSPS) is 13.4. The molecule has 5 rings (SSSR count). The van der Waals surface area contributed by atoms with Gasteiger partial charge in [-0.15, -0.1) is 11.8 Å². The molecule has 15 heteroatoms. The third-order valence-electron chi connectivity index (χ3n) is 6.00. The van der Waals surface area contributed by atoms with E-state index >= 15 is 0 Å². The molecule has 1 amide bonds. The molecular formula is C25H29N9O3S3. The van der Waals surface area contributed by atoms with Gasteiger partial charge in [0.05, 0.1) is 39.5 Å². The van der Waals surface area contributed by atoms with E-state index in [1.54, 1.807) is 24.7 Å². The van der Waals surface area contributed by atoms with Crippen LogP contribution in [-0.4, -0.2) is 67.2 Å². The zero-order valence-corrected chi connectivity index (χ0v) is 24.7. The van der Waals surface area contributed by atoms with Crippen LogP contribution in [0.5, 0.6) is 0 Å². The number of thioether (sulfide) groups is 1. The van der Waals surface area contributed by atoms with E-state index in [-0.39, 0.29) is 17.2 Å². The van der Waals surface area contributed by atoms with Crippen LogP contribution < -0.4 is 15.4 Å². The van der Waals surface area contributed by atoms with Gasteiger partial charge in [-0.2, -0.15) is 9.19 Å².